The van der Waals surface area contributed by atoms with Gasteiger partial charge in [-0.3, -0.25) is 4.79 Å². The zero-order valence-electron chi connectivity index (χ0n) is 16.8. The number of nitrogens with zero attached hydrogens (tertiary/aromatic N) is 3. The molecule has 0 radical (unpaired) electrons. The van der Waals surface area contributed by atoms with E-state index in [4.69, 9.17) is 4.74 Å². The third-order valence-corrected chi connectivity index (χ3v) is 4.64. The van der Waals surface area contributed by atoms with Crippen LogP contribution in [0.3, 0.4) is 0 Å². The number of ether oxygens (including phenoxy) is 1. The summed E-state index contributed by atoms with van der Waals surface area (Å²) in [6.45, 7) is 3.86. The minimum Gasteiger partial charge on any atom is -0.497 e. The Hall–Kier alpha value is -3.41. The summed E-state index contributed by atoms with van der Waals surface area (Å²) < 4.78 is 5.16. The van der Waals surface area contributed by atoms with Gasteiger partial charge in [0, 0.05) is 32.0 Å². The van der Waals surface area contributed by atoms with E-state index in [9.17, 15) is 4.79 Å². The van der Waals surface area contributed by atoms with Crippen molar-refractivity contribution in [3.8, 4) is 5.75 Å². The molecule has 0 unspecified atom stereocenters. The summed E-state index contributed by atoms with van der Waals surface area (Å²) in [5.41, 5.74) is 2.79. The van der Waals surface area contributed by atoms with Gasteiger partial charge in [0.2, 0.25) is 5.95 Å². The molecule has 1 N–H and O–H groups in total. The molecule has 0 atom stereocenters. The minimum absolute atomic E-state index is 0.0684. The summed E-state index contributed by atoms with van der Waals surface area (Å²) in [4.78, 5) is 23.1. The normalized spacial score (nSPS) is 10.4. The highest BCUT2D eigenvalue weighted by Gasteiger charge is 2.15. The number of hydrogen-bond acceptors (Lipinski definition) is 5. The SMILES string of the molecule is CCN(Cc1ccccc1)C(=O)c1cnc(NCCc2ccc(OC)cc2)nc1. The maximum atomic E-state index is 12.8. The number of carbonyl (C=O) groups is 1. The van der Waals surface area contributed by atoms with Gasteiger partial charge in [-0.15, -0.1) is 0 Å². The second-order valence-electron chi connectivity index (χ2n) is 6.63. The number of aromatic nitrogens is 2. The van der Waals surface area contributed by atoms with Crippen LogP contribution in [-0.2, 0) is 13.0 Å². The quantitative estimate of drug-likeness (QED) is 0.602. The molecule has 29 heavy (non-hydrogen) atoms. The van der Waals surface area contributed by atoms with E-state index < -0.39 is 0 Å². The Morgan fingerprint density at radius 3 is 2.31 bits per heavy atom. The maximum Gasteiger partial charge on any atom is 0.257 e. The standard InChI is InChI=1S/C23H26N4O2/c1-3-27(17-19-7-5-4-6-8-19)22(28)20-15-25-23(26-16-20)24-14-13-18-9-11-21(29-2)12-10-18/h4-12,15-16H,3,13-14,17H2,1-2H3,(H,24,25,26). The van der Waals surface area contributed by atoms with Crippen molar-refractivity contribution in [3.63, 3.8) is 0 Å². The summed E-state index contributed by atoms with van der Waals surface area (Å²) >= 11 is 0. The first-order valence-corrected chi connectivity index (χ1v) is 9.71. The van der Waals surface area contributed by atoms with Gasteiger partial charge in [0.05, 0.1) is 12.7 Å². The number of rotatable bonds is 9. The van der Waals surface area contributed by atoms with Crippen molar-refractivity contribution in [2.24, 2.45) is 0 Å². The number of hydrogen-bond donors (Lipinski definition) is 1. The fraction of sp³-hybridized carbons (Fsp3) is 0.261. The van der Waals surface area contributed by atoms with Crippen molar-refractivity contribution >= 4 is 11.9 Å². The molecule has 0 aliphatic rings. The fourth-order valence-corrected chi connectivity index (χ4v) is 2.95. The number of amides is 1. The van der Waals surface area contributed by atoms with Crippen LogP contribution in [0.15, 0.2) is 67.0 Å². The molecule has 1 amide bonds. The molecule has 3 aromatic rings. The second-order valence-corrected chi connectivity index (χ2v) is 6.63. The highest BCUT2D eigenvalue weighted by molar-refractivity contribution is 5.93. The molecule has 0 bridgehead atoms. The second kappa shape index (κ2) is 10.2. The first-order valence-electron chi connectivity index (χ1n) is 9.71. The van der Waals surface area contributed by atoms with Crippen molar-refractivity contribution < 1.29 is 9.53 Å². The van der Waals surface area contributed by atoms with E-state index in [0.717, 1.165) is 17.7 Å². The Bertz CT molecular complexity index is 896. The van der Waals surface area contributed by atoms with Crippen molar-refractivity contribution in [1.82, 2.24) is 14.9 Å². The third-order valence-electron chi connectivity index (χ3n) is 4.64. The Balaban J connectivity index is 1.53. The monoisotopic (exact) mass is 390 g/mol. The zero-order chi connectivity index (χ0) is 20.5. The van der Waals surface area contributed by atoms with Crippen molar-refractivity contribution in [3.05, 3.63) is 83.7 Å². The zero-order valence-corrected chi connectivity index (χ0v) is 16.8. The van der Waals surface area contributed by atoms with Gasteiger partial charge >= 0.3 is 0 Å². The molecular formula is C23H26N4O2. The predicted octanol–water partition coefficient (Wildman–Crippen LogP) is 3.80. The van der Waals surface area contributed by atoms with Crippen LogP contribution in [0.25, 0.3) is 0 Å². The van der Waals surface area contributed by atoms with Crippen LogP contribution in [0, 0.1) is 0 Å². The van der Waals surface area contributed by atoms with E-state index in [1.807, 2.05) is 61.5 Å². The first-order chi connectivity index (χ1) is 14.2. The van der Waals surface area contributed by atoms with Crippen molar-refractivity contribution in [1.29, 1.82) is 0 Å². The molecule has 2 aromatic carbocycles. The van der Waals surface area contributed by atoms with Crippen LogP contribution in [0.4, 0.5) is 5.95 Å². The lowest BCUT2D eigenvalue weighted by Gasteiger charge is -2.20. The van der Waals surface area contributed by atoms with E-state index in [1.165, 1.54) is 5.56 Å². The molecule has 150 valence electrons. The predicted molar refractivity (Wildman–Crippen MR) is 114 cm³/mol. The molecule has 3 rings (SSSR count). The topological polar surface area (TPSA) is 67.4 Å². The number of nitrogens with one attached hydrogen (secondary N) is 1. The van der Waals surface area contributed by atoms with Gasteiger partial charge in [-0.1, -0.05) is 42.5 Å². The van der Waals surface area contributed by atoms with Crippen LogP contribution < -0.4 is 10.1 Å². The number of anilines is 1. The van der Waals surface area contributed by atoms with Crippen LogP contribution in [-0.4, -0.2) is 41.0 Å². The van der Waals surface area contributed by atoms with E-state index >= 15 is 0 Å². The summed E-state index contributed by atoms with van der Waals surface area (Å²) in [5, 5.41) is 3.19. The van der Waals surface area contributed by atoms with Gasteiger partial charge in [0.25, 0.3) is 5.91 Å². The smallest absolute Gasteiger partial charge is 0.257 e. The van der Waals surface area contributed by atoms with Crippen LogP contribution in [0.1, 0.15) is 28.4 Å². The summed E-state index contributed by atoms with van der Waals surface area (Å²) in [6.07, 6.45) is 4.01. The Labute approximate surface area is 171 Å². The van der Waals surface area contributed by atoms with Crippen LogP contribution >= 0.6 is 0 Å². The van der Waals surface area contributed by atoms with Gasteiger partial charge in [0.1, 0.15) is 5.75 Å². The van der Waals surface area contributed by atoms with Gasteiger partial charge in [0.15, 0.2) is 0 Å². The molecule has 0 fully saturated rings. The Morgan fingerprint density at radius 1 is 1.00 bits per heavy atom. The molecule has 0 spiro atoms. The fourth-order valence-electron chi connectivity index (χ4n) is 2.95. The molecule has 1 heterocycles. The number of methoxy groups -OCH3 is 1. The molecule has 6 nitrogen and oxygen atoms in total. The number of carbonyl (C=O) groups excluding carboxylic acids is 1. The largest absolute Gasteiger partial charge is 0.497 e. The van der Waals surface area contributed by atoms with Crippen molar-refractivity contribution in [2.45, 2.75) is 19.9 Å². The highest BCUT2D eigenvalue weighted by Crippen LogP contribution is 2.12. The lowest BCUT2D eigenvalue weighted by Crippen LogP contribution is -2.30. The molecule has 6 heteroatoms. The molecule has 1 aromatic heterocycles. The van der Waals surface area contributed by atoms with Gasteiger partial charge in [-0.05, 0) is 36.6 Å². The summed E-state index contributed by atoms with van der Waals surface area (Å²) in [7, 11) is 1.66. The lowest BCUT2D eigenvalue weighted by molar-refractivity contribution is 0.0751. The highest BCUT2D eigenvalue weighted by atomic mass is 16.5. The average molecular weight is 390 g/mol. The first kappa shape index (κ1) is 20.3. The van der Waals surface area contributed by atoms with Crippen LogP contribution in [0.5, 0.6) is 5.75 Å². The average Bonchev–Trinajstić information content (AvgIpc) is 2.78. The van der Waals surface area contributed by atoms with Gasteiger partial charge < -0.3 is 15.0 Å². The van der Waals surface area contributed by atoms with E-state index in [1.54, 1.807) is 24.4 Å². The third kappa shape index (κ3) is 5.78. The van der Waals surface area contributed by atoms with E-state index in [-0.39, 0.29) is 5.91 Å². The van der Waals surface area contributed by atoms with Gasteiger partial charge in [-0.25, -0.2) is 9.97 Å². The lowest BCUT2D eigenvalue weighted by atomic mass is 10.1. The summed E-state index contributed by atoms with van der Waals surface area (Å²) in [5.74, 6) is 1.29. The van der Waals surface area contributed by atoms with E-state index in [2.05, 4.69) is 15.3 Å². The summed E-state index contributed by atoms with van der Waals surface area (Å²) in [6, 6.07) is 17.9. The molecular weight excluding hydrogens is 364 g/mol. The Morgan fingerprint density at radius 2 is 1.69 bits per heavy atom. The number of benzene rings is 2. The Kier molecular flexibility index (Phi) is 7.16. The van der Waals surface area contributed by atoms with E-state index in [0.29, 0.717) is 31.1 Å². The molecule has 0 aliphatic carbocycles. The molecule has 0 aliphatic heterocycles. The molecule has 0 saturated carbocycles. The molecule has 0 saturated heterocycles. The van der Waals surface area contributed by atoms with Gasteiger partial charge in [-0.2, -0.15) is 0 Å². The van der Waals surface area contributed by atoms with Crippen molar-refractivity contribution in [2.75, 3.05) is 25.5 Å². The van der Waals surface area contributed by atoms with Crippen LogP contribution in [0.2, 0.25) is 0 Å². The minimum atomic E-state index is -0.0684. The maximum absolute atomic E-state index is 12.8.